The van der Waals surface area contributed by atoms with Crippen LogP contribution < -0.4 is 15.5 Å². The Morgan fingerprint density at radius 1 is 0.730 bits per heavy atom. The predicted molar refractivity (Wildman–Crippen MR) is 141 cm³/mol. The topological polar surface area (TPSA) is 96.9 Å². The van der Waals surface area contributed by atoms with Crippen LogP contribution in [0, 0.1) is 0 Å². The number of rotatable bonds is 9. The van der Waals surface area contributed by atoms with Crippen LogP contribution in [0.1, 0.15) is 33.0 Å². The Labute approximate surface area is 214 Å². The minimum Gasteiger partial charge on any atom is -0.423 e. The van der Waals surface area contributed by atoms with Crippen molar-refractivity contribution in [3.63, 3.8) is 0 Å². The molecule has 2 N–H and O–H groups in total. The molecule has 0 saturated heterocycles. The maximum atomic E-state index is 13.0. The second kappa shape index (κ2) is 12.6. The van der Waals surface area contributed by atoms with E-state index in [1.165, 1.54) is 6.21 Å². The van der Waals surface area contributed by atoms with Crippen molar-refractivity contribution in [2.24, 2.45) is 5.10 Å². The minimum atomic E-state index is -0.534. The SMILES string of the molecule is O=C(CNC(=O)C(c1ccccc1)c1ccccc1)NN=Cc1ccc(OC(=O)c2ccccc2)cc1. The van der Waals surface area contributed by atoms with Crippen molar-refractivity contribution in [1.29, 1.82) is 0 Å². The standard InChI is InChI=1S/C30H25N3O4/c34-27(21-31-29(35)28(23-10-4-1-5-11-23)24-12-6-2-7-13-24)33-32-20-22-16-18-26(19-17-22)37-30(36)25-14-8-3-9-15-25/h1-20,28H,21H2,(H,31,35)(H,33,34). The van der Waals surface area contributed by atoms with Gasteiger partial charge in [0.25, 0.3) is 5.91 Å². The molecule has 4 rings (SSSR count). The molecule has 0 bridgehead atoms. The smallest absolute Gasteiger partial charge is 0.343 e. The van der Waals surface area contributed by atoms with Crippen LogP contribution in [0.3, 0.4) is 0 Å². The highest BCUT2D eigenvalue weighted by molar-refractivity contribution is 5.92. The first-order chi connectivity index (χ1) is 18.1. The number of hydrogen-bond donors (Lipinski definition) is 2. The van der Waals surface area contributed by atoms with E-state index in [-0.39, 0.29) is 12.5 Å². The fourth-order valence-corrected chi connectivity index (χ4v) is 3.64. The van der Waals surface area contributed by atoms with Gasteiger partial charge in [0.2, 0.25) is 5.91 Å². The number of nitrogens with one attached hydrogen (secondary N) is 2. The van der Waals surface area contributed by atoms with E-state index in [1.54, 1.807) is 48.5 Å². The van der Waals surface area contributed by atoms with Crippen LogP contribution in [0.25, 0.3) is 0 Å². The van der Waals surface area contributed by atoms with Crippen LogP contribution >= 0.6 is 0 Å². The molecule has 2 amide bonds. The van der Waals surface area contributed by atoms with E-state index in [9.17, 15) is 14.4 Å². The van der Waals surface area contributed by atoms with E-state index < -0.39 is 17.8 Å². The maximum Gasteiger partial charge on any atom is 0.343 e. The van der Waals surface area contributed by atoms with Crippen LogP contribution in [0.4, 0.5) is 0 Å². The summed E-state index contributed by atoms with van der Waals surface area (Å²) in [4.78, 5) is 37.4. The van der Waals surface area contributed by atoms with Gasteiger partial charge in [-0.15, -0.1) is 0 Å². The van der Waals surface area contributed by atoms with E-state index in [2.05, 4.69) is 15.8 Å². The molecule has 7 nitrogen and oxygen atoms in total. The van der Waals surface area contributed by atoms with Gasteiger partial charge >= 0.3 is 5.97 Å². The number of hydrogen-bond acceptors (Lipinski definition) is 5. The second-order valence-electron chi connectivity index (χ2n) is 8.09. The summed E-state index contributed by atoms with van der Waals surface area (Å²) >= 11 is 0. The summed E-state index contributed by atoms with van der Waals surface area (Å²) in [5, 5.41) is 6.63. The lowest BCUT2D eigenvalue weighted by atomic mass is 9.90. The summed E-state index contributed by atoms with van der Waals surface area (Å²) in [6.45, 7) is -0.222. The van der Waals surface area contributed by atoms with E-state index in [0.29, 0.717) is 16.9 Å². The largest absolute Gasteiger partial charge is 0.423 e. The Hall–Kier alpha value is -5.04. The lowest BCUT2D eigenvalue weighted by Gasteiger charge is -2.17. The molecule has 0 aromatic heterocycles. The normalized spacial score (nSPS) is 10.7. The van der Waals surface area contributed by atoms with Crippen LogP contribution in [0.15, 0.2) is 120 Å². The molecule has 0 saturated carbocycles. The van der Waals surface area contributed by atoms with Crippen LogP contribution in [-0.2, 0) is 9.59 Å². The minimum absolute atomic E-state index is 0.222. The van der Waals surface area contributed by atoms with Gasteiger partial charge in [0.05, 0.1) is 24.2 Å². The number of amides is 2. The third kappa shape index (κ3) is 7.22. The molecule has 4 aromatic rings. The number of ether oxygens (including phenoxy) is 1. The summed E-state index contributed by atoms with van der Waals surface area (Å²) in [5.74, 6) is -1.33. The molecule has 0 atom stereocenters. The molecule has 184 valence electrons. The van der Waals surface area contributed by atoms with E-state index in [0.717, 1.165) is 11.1 Å². The third-order valence-corrected chi connectivity index (χ3v) is 5.45. The summed E-state index contributed by atoms with van der Waals surface area (Å²) in [5.41, 5.74) is 5.23. The molecule has 0 fully saturated rings. The Morgan fingerprint density at radius 3 is 1.84 bits per heavy atom. The zero-order chi connectivity index (χ0) is 25.9. The number of esters is 1. The van der Waals surface area contributed by atoms with Crippen molar-refractivity contribution in [2.75, 3.05) is 6.54 Å². The number of hydrazone groups is 1. The molecule has 0 spiro atoms. The van der Waals surface area contributed by atoms with Crippen LogP contribution in [0.2, 0.25) is 0 Å². The first-order valence-electron chi connectivity index (χ1n) is 11.7. The van der Waals surface area contributed by atoms with E-state index in [1.807, 2.05) is 66.7 Å². The summed E-state index contributed by atoms with van der Waals surface area (Å²) in [6, 6.07) is 34.2. The quantitative estimate of drug-likeness (QED) is 0.158. The van der Waals surface area contributed by atoms with Crippen molar-refractivity contribution >= 4 is 24.0 Å². The first-order valence-corrected chi connectivity index (χ1v) is 11.7. The summed E-state index contributed by atoms with van der Waals surface area (Å²) in [6.07, 6.45) is 1.46. The number of carbonyl (C=O) groups is 3. The molecule has 0 aliphatic carbocycles. The van der Waals surface area contributed by atoms with Crippen molar-refractivity contribution < 1.29 is 19.1 Å². The van der Waals surface area contributed by atoms with Gasteiger partial charge in [-0.2, -0.15) is 5.10 Å². The average molecular weight is 492 g/mol. The molecular weight excluding hydrogens is 466 g/mol. The molecule has 4 aromatic carbocycles. The van der Waals surface area contributed by atoms with Gasteiger partial charge in [-0.3, -0.25) is 9.59 Å². The Morgan fingerprint density at radius 2 is 1.27 bits per heavy atom. The number of nitrogens with zero attached hydrogens (tertiary/aromatic N) is 1. The van der Waals surface area contributed by atoms with Gasteiger partial charge in [-0.25, -0.2) is 10.2 Å². The summed E-state index contributed by atoms with van der Waals surface area (Å²) in [7, 11) is 0. The molecular formula is C30H25N3O4. The molecule has 7 heteroatoms. The van der Waals surface area contributed by atoms with Crippen molar-refractivity contribution in [3.8, 4) is 5.75 Å². The van der Waals surface area contributed by atoms with Crippen molar-refractivity contribution in [1.82, 2.24) is 10.7 Å². The van der Waals surface area contributed by atoms with Gasteiger partial charge < -0.3 is 10.1 Å². The molecule has 0 heterocycles. The highest BCUT2D eigenvalue weighted by Crippen LogP contribution is 2.24. The van der Waals surface area contributed by atoms with Crippen molar-refractivity contribution in [2.45, 2.75) is 5.92 Å². The average Bonchev–Trinajstić information content (AvgIpc) is 2.95. The maximum absolute atomic E-state index is 13.0. The molecule has 0 radical (unpaired) electrons. The van der Waals surface area contributed by atoms with Crippen LogP contribution in [0.5, 0.6) is 5.75 Å². The van der Waals surface area contributed by atoms with Gasteiger partial charge in [0.1, 0.15) is 5.75 Å². The predicted octanol–water partition coefficient (Wildman–Crippen LogP) is 4.30. The van der Waals surface area contributed by atoms with Gasteiger partial charge in [0, 0.05) is 0 Å². The molecule has 37 heavy (non-hydrogen) atoms. The third-order valence-electron chi connectivity index (χ3n) is 5.45. The summed E-state index contributed by atoms with van der Waals surface area (Å²) < 4.78 is 5.34. The van der Waals surface area contributed by atoms with Gasteiger partial charge in [-0.1, -0.05) is 78.9 Å². The monoisotopic (exact) mass is 491 g/mol. The highest BCUT2D eigenvalue weighted by Gasteiger charge is 2.22. The number of carbonyl (C=O) groups excluding carboxylic acids is 3. The van der Waals surface area contributed by atoms with Gasteiger partial charge in [-0.05, 0) is 53.1 Å². The highest BCUT2D eigenvalue weighted by atomic mass is 16.5. The lowest BCUT2D eigenvalue weighted by Crippen LogP contribution is -2.37. The van der Waals surface area contributed by atoms with Crippen LogP contribution in [-0.4, -0.2) is 30.5 Å². The molecule has 0 unspecified atom stereocenters. The first kappa shape index (κ1) is 25.1. The Balaban J connectivity index is 1.28. The zero-order valence-corrected chi connectivity index (χ0v) is 19.9. The fourth-order valence-electron chi connectivity index (χ4n) is 3.64. The Kier molecular flexibility index (Phi) is 8.54. The second-order valence-corrected chi connectivity index (χ2v) is 8.09. The lowest BCUT2D eigenvalue weighted by molar-refractivity contribution is -0.126. The Bertz CT molecular complexity index is 1320. The fraction of sp³-hybridized carbons (Fsp3) is 0.0667. The van der Waals surface area contributed by atoms with Gasteiger partial charge in [0.15, 0.2) is 0 Å². The molecule has 0 aliphatic rings. The van der Waals surface area contributed by atoms with E-state index >= 15 is 0 Å². The van der Waals surface area contributed by atoms with E-state index in [4.69, 9.17) is 4.74 Å². The zero-order valence-electron chi connectivity index (χ0n) is 19.9. The molecule has 0 aliphatic heterocycles. The number of benzene rings is 4. The van der Waals surface area contributed by atoms with Crippen molar-refractivity contribution in [3.05, 3.63) is 138 Å².